The molecule has 0 aliphatic heterocycles. The van der Waals surface area contributed by atoms with Gasteiger partial charge >= 0.3 is 0 Å². The minimum absolute atomic E-state index is 0.330. The average molecular weight is 454 g/mol. The van der Waals surface area contributed by atoms with Crippen LogP contribution in [-0.2, 0) is 6.42 Å². The predicted octanol–water partition coefficient (Wildman–Crippen LogP) is 5.54. The molecule has 1 unspecified atom stereocenters. The summed E-state index contributed by atoms with van der Waals surface area (Å²) in [6, 6.07) is 10.9. The van der Waals surface area contributed by atoms with Crippen molar-refractivity contribution in [3.8, 4) is 0 Å². The highest BCUT2D eigenvalue weighted by atomic mass is 79.9. The SMILES string of the molecule is CNC(Cc1ccccc1Br)c1cc(Br)c(Br)s1. The van der Waals surface area contributed by atoms with Crippen LogP contribution in [0.2, 0.25) is 0 Å². The van der Waals surface area contributed by atoms with Crippen molar-refractivity contribution >= 4 is 59.1 Å². The molecule has 2 rings (SSSR count). The molecule has 5 heteroatoms. The van der Waals surface area contributed by atoms with E-state index in [4.69, 9.17) is 0 Å². The molecule has 0 fully saturated rings. The van der Waals surface area contributed by atoms with Crippen molar-refractivity contribution in [3.63, 3.8) is 0 Å². The second-order valence-corrected chi connectivity index (χ2v) is 8.02. The predicted molar refractivity (Wildman–Crippen MR) is 89.4 cm³/mol. The van der Waals surface area contributed by atoms with E-state index in [0.717, 1.165) is 14.7 Å². The van der Waals surface area contributed by atoms with E-state index >= 15 is 0 Å². The first-order valence-electron chi connectivity index (χ1n) is 5.47. The Morgan fingerprint density at radius 3 is 2.44 bits per heavy atom. The first-order valence-corrected chi connectivity index (χ1v) is 8.66. The van der Waals surface area contributed by atoms with Gasteiger partial charge in [0.05, 0.1) is 3.79 Å². The van der Waals surface area contributed by atoms with Crippen LogP contribution < -0.4 is 5.32 Å². The Bertz CT molecular complexity index is 519. The molecule has 1 heterocycles. The van der Waals surface area contributed by atoms with E-state index in [-0.39, 0.29) is 0 Å². The molecule has 0 bridgehead atoms. The van der Waals surface area contributed by atoms with Crippen LogP contribution in [0.15, 0.2) is 43.1 Å². The van der Waals surface area contributed by atoms with Crippen molar-refractivity contribution in [3.05, 3.63) is 53.5 Å². The van der Waals surface area contributed by atoms with Gasteiger partial charge in [0.15, 0.2) is 0 Å². The lowest BCUT2D eigenvalue weighted by Crippen LogP contribution is -2.17. The summed E-state index contributed by atoms with van der Waals surface area (Å²) in [5.41, 5.74) is 1.32. The molecule has 0 amide bonds. The summed E-state index contributed by atoms with van der Waals surface area (Å²) < 4.78 is 3.43. The van der Waals surface area contributed by atoms with Gasteiger partial charge in [-0.1, -0.05) is 34.1 Å². The highest BCUT2D eigenvalue weighted by molar-refractivity contribution is 9.13. The van der Waals surface area contributed by atoms with Gasteiger partial charge in [-0.15, -0.1) is 11.3 Å². The molecule has 0 spiro atoms. The van der Waals surface area contributed by atoms with E-state index in [0.29, 0.717) is 6.04 Å². The molecule has 0 aliphatic rings. The van der Waals surface area contributed by atoms with Crippen molar-refractivity contribution in [1.82, 2.24) is 5.32 Å². The fourth-order valence-corrected chi connectivity index (χ4v) is 4.41. The number of halogens is 3. The summed E-state index contributed by atoms with van der Waals surface area (Å²) in [4.78, 5) is 1.33. The van der Waals surface area contributed by atoms with Crippen LogP contribution in [0.3, 0.4) is 0 Å². The average Bonchev–Trinajstić information content (AvgIpc) is 2.68. The van der Waals surface area contributed by atoms with E-state index in [1.807, 2.05) is 13.1 Å². The minimum atomic E-state index is 0.330. The third kappa shape index (κ3) is 3.45. The van der Waals surface area contributed by atoms with E-state index < -0.39 is 0 Å². The molecule has 1 nitrogen and oxygen atoms in total. The van der Waals surface area contributed by atoms with Crippen LogP contribution in [0.25, 0.3) is 0 Å². The largest absolute Gasteiger partial charge is 0.312 e. The third-order valence-electron chi connectivity index (χ3n) is 2.74. The second-order valence-electron chi connectivity index (χ2n) is 3.91. The quantitative estimate of drug-likeness (QED) is 0.641. The summed E-state index contributed by atoms with van der Waals surface area (Å²) in [5, 5.41) is 3.38. The summed E-state index contributed by atoms with van der Waals surface area (Å²) in [5.74, 6) is 0. The third-order valence-corrected chi connectivity index (χ3v) is 6.88. The van der Waals surface area contributed by atoms with E-state index in [1.165, 1.54) is 14.9 Å². The Morgan fingerprint density at radius 2 is 1.89 bits per heavy atom. The summed E-state index contributed by atoms with van der Waals surface area (Å²) in [7, 11) is 2.00. The van der Waals surface area contributed by atoms with Crippen LogP contribution in [0.1, 0.15) is 16.5 Å². The summed E-state index contributed by atoms with van der Waals surface area (Å²) in [6.07, 6.45) is 0.970. The van der Waals surface area contributed by atoms with Crippen molar-refractivity contribution < 1.29 is 0 Å². The molecule has 18 heavy (non-hydrogen) atoms. The normalized spacial score (nSPS) is 12.7. The maximum Gasteiger partial charge on any atom is 0.0843 e. The lowest BCUT2D eigenvalue weighted by Gasteiger charge is -2.15. The molecule has 1 aromatic carbocycles. The van der Waals surface area contributed by atoms with Crippen LogP contribution >= 0.6 is 59.1 Å². The van der Waals surface area contributed by atoms with Crippen molar-refractivity contribution in [2.24, 2.45) is 0 Å². The lowest BCUT2D eigenvalue weighted by molar-refractivity contribution is 0.601. The molecular weight excluding hydrogens is 442 g/mol. The monoisotopic (exact) mass is 451 g/mol. The van der Waals surface area contributed by atoms with E-state index in [1.54, 1.807) is 11.3 Å². The number of benzene rings is 1. The van der Waals surface area contributed by atoms with Crippen LogP contribution in [0.4, 0.5) is 0 Å². The number of nitrogens with one attached hydrogen (secondary N) is 1. The van der Waals surface area contributed by atoms with Crippen LogP contribution in [-0.4, -0.2) is 7.05 Å². The first kappa shape index (κ1) is 14.7. The van der Waals surface area contributed by atoms with Crippen molar-refractivity contribution in [2.45, 2.75) is 12.5 Å². The first-order chi connectivity index (χ1) is 8.61. The summed E-state index contributed by atoms with van der Waals surface area (Å²) in [6.45, 7) is 0. The number of rotatable bonds is 4. The zero-order valence-corrected chi connectivity index (χ0v) is 15.3. The molecule has 96 valence electrons. The maximum absolute atomic E-state index is 3.60. The Kier molecular flexibility index (Phi) is 5.45. The molecule has 0 radical (unpaired) electrons. The van der Waals surface area contributed by atoms with Gasteiger partial charge in [-0.2, -0.15) is 0 Å². The standard InChI is InChI=1S/C13H12Br3NS/c1-17-11(12-7-10(15)13(16)18-12)6-8-4-2-3-5-9(8)14/h2-5,7,11,17H,6H2,1H3. The highest BCUT2D eigenvalue weighted by Gasteiger charge is 2.15. The number of hydrogen-bond acceptors (Lipinski definition) is 2. The molecule has 0 saturated heterocycles. The number of hydrogen-bond donors (Lipinski definition) is 1. The summed E-state index contributed by atoms with van der Waals surface area (Å²) >= 11 is 12.5. The highest BCUT2D eigenvalue weighted by Crippen LogP contribution is 2.36. The molecule has 1 N–H and O–H groups in total. The van der Waals surface area contributed by atoms with E-state index in [2.05, 4.69) is 77.4 Å². The van der Waals surface area contributed by atoms with Gasteiger partial charge in [0.2, 0.25) is 0 Å². The minimum Gasteiger partial charge on any atom is -0.312 e. The van der Waals surface area contributed by atoms with Gasteiger partial charge in [0.1, 0.15) is 0 Å². The van der Waals surface area contributed by atoms with Crippen LogP contribution in [0, 0.1) is 0 Å². The number of likely N-dealkylation sites (N-methyl/N-ethyl adjacent to an activating group) is 1. The molecular formula is C13H12Br3NS. The Hall–Kier alpha value is 0.320. The second kappa shape index (κ2) is 6.66. The smallest absolute Gasteiger partial charge is 0.0843 e. The van der Waals surface area contributed by atoms with E-state index in [9.17, 15) is 0 Å². The number of thiophene rings is 1. The Balaban J connectivity index is 2.22. The lowest BCUT2D eigenvalue weighted by atomic mass is 10.1. The van der Waals surface area contributed by atoms with Gasteiger partial charge in [-0.05, 0) is 63.0 Å². The van der Waals surface area contributed by atoms with Gasteiger partial charge in [0, 0.05) is 19.9 Å². The molecule has 1 atom stereocenters. The molecule has 0 aliphatic carbocycles. The van der Waals surface area contributed by atoms with Gasteiger partial charge < -0.3 is 5.32 Å². The van der Waals surface area contributed by atoms with Gasteiger partial charge in [-0.3, -0.25) is 0 Å². The fourth-order valence-electron chi connectivity index (χ4n) is 1.76. The zero-order chi connectivity index (χ0) is 13.1. The van der Waals surface area contributed by atoms with Crippen LogP contribution in [0.5, 0.6) is 0 Å². The Labute approximate surface area is 136 Å². The zero-order valence-electron chi connectivity index (χ0n) is 9.71. The Morgan fingerprint density at radius 1 is 1.17 bits per heavy atom. The molecule has 2 aromatic rings. The molecule has 1 aromatic heterocycles. The van der Waals surface area contributed by atoms with Crippen molar-refractivity contribution in [2.75, 3.05) is 7.05 Å². The molecule has 0 saturated carbocycles. The fraction of sp³-hybridized carbons (Fsp3) is 0.231. The topological polar surface area (TPSA) is 12.0 Å². The van der Waals surface area contributed by atoms with Crippen molar-refractivity contribution in [1.29, 1.82) is 0 Å². The van der Waals surface area contributed by atoms with Gasteiger partial charge in [-0.25, -0.2) is 0 Å². The maximum atomic E-state index is 3.60. The van der Waals surface area contributed by atoms with Gasteiger partial charge in [0.25, 0.3) is 0 Å².